The van der Waals surface area contributed by atoms with Gasteiger partial charge in [-0.3, -0.25) is 4.79 Å². The Morgan fingerprint density at radius 3 is 1.77 bits per heavy atom. The van der Waals surface area contributed by atoms with Gasteiger partial charge in [0.1, 0.15) is 0 Å². The van der Waals surface area contributed by atoms with Crippen molar-refractivity contribution in [2.75, 3.05) is 0 Å². The molecule has 0 bridgehead atoms. The number of hydrogen-bond acceptors (Lipinski definition) is 1. The van der Waals surface area contributed by atoms with Crippen LogP contribution in [0.15, 0.2) is 36.4 Å². The summed E-state index contributed by atoms with van der Waals surface area (Å²) in [7, 11) is 0. The van der Waals surface area contributed by atoms with Crippen LogP contribution in [0, 0.1) is 13.8 Å². The van der Waals surface area contributed by atoms with Crippen LogP contribution in [0.2, 0.25) is 0 Å². The molecule has 3 rings (SSSR count). The molecule has 1 heteroatoms. The van der Waals surface area contributed by atoms with Crippen molar-refractivity contribution in [3.05, 3.63) is 69.8 Å². The van der Waals surface area contributed by atoms with Gasteiger partial charge in [-0.2, -0.15) is 0 Å². The molecule has 0 unspecified atom stereocenters. The molecule has 0 heterocycles. The van der Waals surface area contributed by atoms with Crippen LogP contribution in [0.5, 0.6) is 0 Å². The molecule has 0 atom stereocenters. The van der Waals surface area contributed by atoms with Gasteiger partial charge in [-0.05, 0) is 60.3 Å². The Bertz CT molecular complexity index is 792. The molecule has 0 saturated heterocycles. The second-order valence-corrected chi connectivity index (χ2v) is 8.68. The van der Waals surface area contributed by atoms with E-state index < -0.39 is 0 Å². The highest BCUT2D eigenvalue weighted by Crippen LogP contribution is 2.46. The molecule has 0 amide bonds. The van der Waals surface area contributed by atoms with Crippen LogP contribution in [0.25, 0.3) is 0 Å². The molecule has 0 aromatic heterocycles. The standard InChI is InChI=1S/C23H28O.C2H6/c1-15-7-9-17(10-8-15)21(24)18-14-20-19(13-16(18)2)22(3,4)11-12-23(20,5)6;1-2/h7-10,13-14H,11-12H2,1-6H3;1-2H3. The number of ketones is 1. The molecule has 2 aromatic rings. The smallest absolute Gasteiger partial charge is 0.193 e. The van der Waals surface area contributed by atoms with Gasteiger partial charge in [-0.15, -0.1) is 0 Å². The van der Waals surface area contributed by atoms with Crippen molar-refractivity contribution in [2.24, 2.45) is 0 Å². The zero-order valence-corrected chi connectivity index (χ0v) is 17.8. The summed E-state index contributed by atoms with van der Waals surface area (Å²) in [4.78, 5) is 13.0. The van der Waals surface area contributed by atoms with Crippen LogP contribution in [0.1, 0.15) is 92.6 Å². The first-order chi connectivity index (χ1) is 12.1. The molecular weight excluding hydrogens is 316 g/mol. The van der Waals surface area contributed by atoms with E-state index in [-0.39, 0.29) is 16.6 Å². The van der Waals surface area contributed by atoms with Gasteiger partial charge in [0.25, 0.3) is 0 Å². The molecular formula is C25H34O. The molecule has 0 saturated carbocycles. The number of hydrogen-bond donors (Lipinski definition) is 0. The van der Waals surface area contributed by atoms with Gasteiger partial charge in [0.2, 0.25) is 0 Å². The van der Waals surface area contributed by atoms with E-state index >= 15 is 0 Å². The van der Waals surface area contributed by atoms with Crippen LogP contribution < -0.4 is 0 Å². The first kappa shape index (κ1) is 20.4. The lowest BCUT2D eigenvalue weighted by Crippen LogP contribution is -2.34. The van der Waals surface area contributed by atoms with Gasteiger partial charge in [0.15, 0.2) is 5.78 Å². The number of benzene rings is 2. The van der Waals surface area contributed by atoms with Gasteiger partial charge in [-0.1, -0.05) is 77.4 Å². The Morgan fingerprint density at radius 1 is 0.808 bits per heavy atom. The fourth-order valence-corrected chi connectivity index (χ4v) is 3.83. The van der Waals surface area contributed by atoms with E-state index in [0.717, 1.165) is 23.1 Å². The number of rotatable bonds is 2. The zero-order chi connectivity index (χ0) is 19.7. The topological polar surface area (TPSA) is 17.1 Å². The first-order valence-corrected chi connectivity index (χ1v) is 9.89. The average molecular weight is 351 g/mol. The Morgan fingerprint density at radius 2 is 1.27 bits per heavy atom. The van der Waals surface area contributed by atoms with Gasteiger partial charge in [0, 0.05) is 11.1 Å². The van der Waals surface area contributed by atoms with Crippen LogP contribution in [0.4, 0.5) is 0 Å². The van der Waals surface area contributed by atoms with Gasteiger partial charge in [0.05, 0.1) is 0 Å². The predicted octanol–water partition coefficient (Wildman–Crippen LogP) is 6.91. The fraction of sp³-hybridized carbons (Fsp3) is 0.480. The normalized spacial score (nSPS) is 16.9. The van der Waals surface area contributed by atoms with E-state index in [1.807, 2.05) is 45.0 Å². The fourth-order valence-electron chi connectivity index (χ4n) is 3.83. The number of fused-ring (bicyclic) bond motifs is 1. The lowest BCUT2D eigenvalue weighted by Gasteiger charge is -2.42. The molecule has 26 heavy (non-hydrogen) atoms. The zero-order valence-electron chi connectivity index (χ0n) is 17.8. The summed E-state index contributed by atoms with van der Waals surface area (Å²) in [6.07, 6.45) is 2.35. The molecule has 0 radical (unpaired) electrons. The van der Waals surface area contributed by atoms with Crippen molar-refractivity contribution in [1.82, 2.24) is 0 Å². The summed E-state index contributed by atoms with van der Waals surface area (Å²) in [5.74, 6) is 0.134. The van der Waals surface area contributed by atoms with Gasteiger partial charge in [-0.25, -0.2) is 0 Å². The maximum Gasteiger partial charge on any atom is 0.193 e. The van der Waals surface area contributed by atoms with Crippen LogP contribution in [-0.2, 0) is 10.8 Å². The molecule has 1 aliphatic rings. The molecule has 1 nitrogen and oxygen atoms in total. The highest BCUT2D eigenvalue weighted by molar-refractivity contribution is 6.10. The van der Waals surface area contributed by atoms with Crippen molar-refractivity contribution >= 4 is 5.78 Å². The van der Waals surface area contributed by atoms with Crippen molar-refractivity contribution < 1.29 is 4.79 Å². The van der Waals surface area contributed by atoms with Crippen molar-refractivity contribution in [2.45, 2.75) is 79.1 Å². The Hall–Kier alpha value is -1.89. The van der Waals surface area contributed by atoms with E-state index in [1.54, 1.807) is 0 Å². The minimum Gasteiger partial charge on any atom is -0.289 e. The molecule has 0 aliphatic heterocycles. The first-order valence-electron chi connectivity index (χ1n) is 9.89. The summed E-state index contributed by atoms with van der Waals surface area (Å²) in [6.45, 7) is 17.4. The Kier molecular flexibility index (Phi) is 5.80. The van der Waals surface area contributed by atoms with Gasteiger partial charge >= 0.3 is 0 Å². The van der Waals surface area contributed by atoms with E-state index in [2.05, 4.69) is 46.8 Å². The molecule has 0 spiro atoms. The third kappa shape index (κ3) is 3.77. The van der Waals surface area contributed by atoms with E-state index in [4.69, 9.17) is 0 Å². The summed E-state index contributed by atoms with van der Waals surface area (Å²) in [5, 5.41) is 0. The molecule has 0 N–H and O–H groups in total. The number of aryl methyl sites for hydroxylation is 2. The lowest BCUT2D eigenvalue weighted by molar-refractivity contribution is 0.103. The minimum atomic E-state index is 0.126. The quantitative estimate of drug-likeness (QED) is 0.538. The van der Waals surface area contributed by atoms with Crippen molar-refractivity contribution in [3.8, 4) is 0 Å². The van der Waals surface area contributed by atoms with Crippen LogP contribution in [0.3, 0.4) is 0 Å². The molecule has 2 aromatic carbocycles. The third-order valence-corrected chi connectivity index (χ3v) is 5.76. The molecule has 140 valence electrons. The Labute approximate surface area is 159 Å². The van der Waals surface area contributed by atoms with Gasteiger partial charge < -0.3 is 0 Å². The second kappa shape index (κ2) is 7.39. The minimum absolute atomic E-state index is 0.126. The monoisotopic (exact) mass is 350 g/mol. The maximum atomic E-state index is 13.0. The number of carbonyl (C=O) groups excluding carboxylic acids is 1. The SMILES string of the molecule is CC.Cc1ccc(C(=O)c2cc3c(cc2C)C(C)(C)CCC3(C)C)cc1. The molecule has 0 fully saturated rings. The van der Waals surface area contributed by atoms with Crippen molar-refractivity contribution in [1.29, 1.82) is 0 Å². The summed E-state index contributed by atoms with van der Waals surface area (Å²) in [6, 6.07) is 12.3. The van der Waals surface area contributed by atoms with E-state index in [0.29, 0.717) is 0 Å². The lowest BCUT2D eigenvalue weighted by atomic mass is 9.62. The average Bonchev–Trinajstić information content (AvgIpc) is 2.61. The van der Waals surface area contributed by atoms with Crippen molar-refractivity contribution in [3.63, 3.8) is 0 Å². The Balaban J connectivity index is 0.00000117. The van der Waals surface area contributed by atoms with Crippen LogP contribution >= 0.6 is 0 Å². The largest absolute Gasteiger partial charge is 0.289 e. The highest BCUT2D eigenvalue weighted by atomic mass is 16.1. The number of carbonyl (C=O) groups is 1. The highest BCUT2D eigenvalue weighted by Gasteiger charge is 2.37. The summed E-state index contributed by atoms with van der Waals surface area (Å²) in [5.41, 5.74) is 6.96. The maximum absolute atomic E-state index is 13.0. The summed E-state index contributed by atoms with van der Waals surface area (Å²) < 4.78 is 0. The molecule has 1 aliphatic carbocycles. The predicted molar refractivity (Wildman–Crippen MR) is 112 cm³/mol. The summed E-state index contributed by atoms with van der Waals surface area (Å²) >= 11 is 0. The van der Waals surface area contributed by atoms with E-state index in [9.17, 15) is 4.79 Å². The van der Waals surface area contributed by atoms with Crippen LogP contribution in [-0.4, -0.2) is 5.78 Å². The second-order valence-electron chi connectivity index (χ2n) is 8.68. The third-order valence-electron chi connectivity index (χ3n) is 5.76. The van der Waals surface area contributed by atoms with E-state index in [1.165, 1.54) is 23.1 Å².